The first kappa shape index (κ1) is 17.2. The molecule has 25 heavy (non-hydrogen) atoms. The van der Waals surface area contributed by atoms with E-state index in [9.17, 15) is 9.18 Å². The minimum atomic E-state index is -0.341. The predicted octanol–water partition coefficient (Wildman–Crippen LogP) is 3.20. The normalized spacial score (nSPS) is 11.9. The van der Waals surface area contributed by atoms with Gasteiger partial charge in [-0.25, -0.2) is 14.1 Å². The maximum atomic E-state index is 12.9. The molecule has 3 aromatic rings. The highest BCUT2D eigenvalue weighted by atomic mass is 32.2. The van der Waals surface area contributed by atoms with Crippen LogP contribution in [0.2, 0.25) is 0 Å². The third-order valence-electron chi connectivity index (χ3n) is 3.52. The molecule has 0 bridgehead atoms. The molecule has 1 amide bonds. The molecule has 2 aromatic carbocycles. The Labute approximate surface area is 149 Å². The number of thioether (sulfide) groups is 1. The Balaban J connectivity index is 1.54. The fourth-order valence-electron chi connectivity index (χ4n) is 2.15. The second-order valence-corrected chi connectivity index (χ2v) is 6.72. The van der Waals surface area contributed by atoms with Crippen LogP contribution in [0.15, 0.2) is 66.1 Å². The quantitative estimate of drug-likeness (QED) is 0.689. The van der Waals surface area contributed by atoms with Crippen LogP contribution in [0.4, 0.5) is 4.39 Å². The molecule has 0 aliphatic rings. The molecule has 1 aromatic heterocycles. The summed E-state index contributed by atoms with van der Waals surface area (Å²) in [6.45, 7) is 2.16. The molecule has 1 N–H and O–H groups in total. The van der Waals surface area contributed by atoms with Crippen molar-refractivity contribution in [3.8, 4) is 5.69 Å². The van der Waals surface area contributed by atoms with E-state index in [0.29, 0.717) is 11.7 Å². The summed E-state index contributed by atoms with van der Waals surface area (Å²) in [6, 6.07) is 15.7. The zero-order valence-electron chi connectivity index (χ0n) is 13.6. The summed E-state index contributed by atoms with van der Waals surface area (Å²) < 4.78 is 14.5. The smallest absolute Gasteiger partial charge is 0.233 e. The Bertz CT molecular complexity index is 836. The summed E-state index contributed by atoms with van der Waals surface area (Å²) >= 11 is 1.29. The number of carbonyl (C=O) groups excluding carboxylic acids is 1. The fraction of sp³-hybridized carbons (Fsp3) is 0.167. The van der Waals surface area contributed by atoms with E-state index in [1.165, 1.54) is 23.9 Å². The lowest BCUT2D eigenvalue weighted by Gasteiger charge is -2.10. The van der Waals surface area contributed by atoms with Gasteiger partial charge in [-0.15, -0.1) is 5.10 Å². The largest absolute Gasteiger partial charge is 0.351 e. The van der Waals surface area contributed by atoms with Crippen LogP contribution in [0.3, 0.4) is 0 Å². The topological polar surface area (TPSA) is 59.8 Å². The van der Waals surface area contributed by atoms with Crippen LogP contribution in [0, 0.1) is 5.82 Å². The molecule has 1 unspecified atom stereocenters. The summed E-state index contributed by atoms with van der Waals surface area (Å²) in [5.41, 5.74) is 1.76. The standard InChI is InChI=1S/C18H17FN4OS/c1-13(17(24)20-11-14-7-9-15(19)10-8-14)25-18-21-12-23(22-18)16-5-3-2-4-6-16/h2-10,12-13H,11H2,1H3,(H,20,24). The van der Waals surface area contributed by atoms with E-state index >= 15 is 0 Å². The van der Waals surface area contributed by atoms with Gasteiger partial charge < -0.3 is 5.32 Å². The number of para-hydroxylation sites is 1. The molecule has 3 rings (SSSR count). The van der Waals surface area contributed by atoms with Crippen molar-refractivity contribution >= 4 is 17.7 Å². The minimum absolute atomic E-state index is 0.120. The lowest BCUT2D eigenvalue weighted by Crippen LogP contribution is -2.30. The highest BCUT2D eigenvalue weighted by Crippen LogP contribution is 2.20. The number of nitrogens with one attached hydrogen (secondary N) is 1. The second kappa shape index (κ2) is 7.94. The van der Waals surface area contributed by atoms with E-state index in [1.54, 1.807) is 30.1 Å². The molecular formula is C18H17FN4OS. The predicted molar refractivity (Wildman–Crippen MR) is 94.9 cm³/mol. The third kappa shape index (κ3) is 4.67. The number of hydrogen-bond donors (Lipinski definition) is 1. The van der Waals surface area contributed by atoms with E-state index < -0.39 is 0 Å². The van der Waals surface area contributed by atoms with Crippen molar-refractivity contribution in [3.63, 3.8) is 0 Å². The van der Waals surface area contributed by atoms with Gasteiger partial charge in [0, 0.05) is 6.54 Å². The maximum Gasteiger partial charge on any atom is 0.233 e. The molecular weight excluding hydrogens is 339 g/mol. The van der Waals surface area contributed by atoms with Crippen LogP contribution in [0.5, 0.6) is 0 Å². The number of rotatable bonds is 6. The van der Waals surface area contributed by atoms with Gasteiger partial charge in [0.05, 0.1) is 10.9 Å². The Hall–Kier alpha value is -2.67. The Morgan fingerprint density at radius 2 is 1.92 bits per heavy atom. The van der Waals surface area contributed by atoms with Gasteiger partial charge in [0.1, 0.15) is 12.1 Å². The third-order valence-corrected chi connectivity index (χ3v) is 4.49. The average Bonchev–Trinajstić information content (AvgIpc) is 3.10. The van der Waals surface area contributed by atoms with Crippen molar-refractivity contribution in [1.82, 2.24) is 20.1 Å². The Morgan fingerprint density at radius 1 is 1.20 bits per heavy atom. The number of hydrogen-bond acceptors (Lipinski definition) is 4. The Kier molecular flexibility index (Phi) is 5.45. The van der Waals surface area contributed by atoms with Gasteiger partial charge >= 0.3 is 0 Å². The van der Waals surface area contributed by atoms with Crippen LogP contribution in [0.1, 0.15) is 12.5 Å². The molecule has 7 heteroatoms. The summed E-state index contributed by atoms with van der Waals surface area (Å²) in [4.78, 5) is 16.4. The van der Waals surface area contributed by atoms with Crippen LogP contribution in [-0.4, -0.2) is 25.9 Å². The number of benzene rings is 2. The van der Waals surface area contributed by atoms with Crippen molar-refractivity contribution < 1.29 is 9.18 Å². The second-order valence-electron chi connectivity index (χ2n) is 5.41. The van der Waals surface area contributed by atoms with E-state index in [0.717, 1.165) is 11.3 Å². The van der Waals surface area contributed by atoms with Crippen molar-refractivity contribution in [3.05, 3.63) is 72.3 Å². The summed E-state index contributed by atoms with van der Waals surface area (Å²) in [6.07, 6.45) is 1.63. The monoisotopic (exact) mass is 356 g/mol. The van der Waals surface area contributed by atoms with Gasteiger partial charge in [-0.2, -0.15) is 0 Å². The molecule has 1 heterocycles. The van der Waals surface area contributed by atoms with Gasteiger partial charge in [0.2, 0.25) is 11.1 Å². The van der Waals surface area contributed by atoms with Gasteiger partial charge in [-0.05, 0) is 36.8 Å². The first-order valence-electron chi connectivity index (χ1n) is 7.78. The fourth-order valence-corrected chi connectivity index (χ4v) is 2.90. The highest BCUT2D eigenvalue weighted by Gasteiger charge is 2.16. The van der Waals surface area contributed by atoms with Crippen LogP contribution < -0.4 is 5.32 Å². The van der Waals surface area contributed by atoms with Crippen LogP contribution >= 0.6 is 11.8 Å². The zero-order valence-corrected chi connectivity index (χ0v) is 14.4. The van der Waals surface area contributed by atoms with Crippen LogP contribution in [0.25, 0.3) is 5.69 Å². The molecule has 0 spiro atoms. The molecule has 5 nitrogen and oxygen atoms in total. The Morgan fingerprint density at radius 3 is 2.64 bits per heavy atom. The minimum Gasteiger partial charge on any atom is -0.351 e. The first-order valence-corrected chi connectivity index (χ1v) is 8.65. The number of halogens is 1. The van der Waals surface area contributed by atoms with Gasteiger partial charge in [-0.1, -0.05) is 42.1 Å². The average molecular weight is 356 g/mol. The number of carbonyl (C=O) groups is 1. The van der Waals surface area contributed by atoms with Gasteiger partial charge in [0.15, 0.2) is 0 Å². The molecule has 0 radical (unpaired) electrons. The van der Waals surface area contributed by atoms with Crippen LogP contribution in [-0.2, 0) is 11.3 Å². The van der Waals surface area contributed by atoms with E-state index in [-0.39, 0.29) is 17.0 Å². The lowest BCUT2D eigenvalue weighted by molar-refractivity contribution is -0.120. The summed E-state index contributed by atoms with van der Waals surface area (Å²) in [5.74, 6) is -0.413. The number of amides is 1. The number of aromatic nitrogens is 3. The van der Waals surface area contributed by atoms with Gasteiger partial charge in [0.25, 0.3) is 0 Å². The van der Waals surface area contributed by atoms with E-state index in [2.05, 4.69) is 15.4 Å². The van der Waals surface area contributed by atoms with Crippen molar-refractivity contribution in [2.24, 2.45) is 0 Å². The van der Waals surface area contributed by atoms with E-state index in [4.69, 9.17) is 0 Å². The molecule has 128 valence electrons. The van der Waals surface area contributed by atoms with Crippen molar-refractivity contribution in [1.29, 1.82) is 0 Å². The van der Waals surface area contributed by atoms with Crippen molar-refractivity contribution in [2.45, 2.75) is 23.9 Å². The van der Waals surface area contributed by atoms with Gasteiger partial charge in [-0.3, -0.25) is 4.79 Å². The molecule has 0 aliphatic heterocycles. The molecule has 0 aliphatic carbocycles. The molecule has 0 fully saturated rings. The first-order chi connectivity index (χ1) is 12.1. The highest BCUT2D eigenvalue weighted by molar-refractivity contribution is 8.00. The molecule has 1 atom stereocenters. The zero-order chi connectivity index (χ0) is 17.6. The summed E-state index contributed by atoms with van der Waals surface area (Å²) in [7, 11) is 0. The molecule has 0 saturated heterocycles. The number of nitrogens with zero attached hydrogens (tertiary/aromatic N) is 3. The van der Waals surface area contributed by atoms with Crippen molar-refractivity contribution in [2.75, 3.05) is 0 Å². The maximum absolute atomic E-state index is 12.9. The SMILES string of the molecule is CC(Sc1ncn(-c2ccccc2)n1)C(=O)NCc1ccc(F)cc1. The lowest BCUT2D eigenvalue weighted by atomic mass is 10.2. The van der Waals surface area contributed by atoms with E-state index in [1.807, 2.05) is 30.3 Å². The molecule has 0 saturated carbocycles. The summed E-state index contributed by atoms with van der Waals surface area (Å²) in [5, 5.41) is 7.40.